The summed E-state index contributed by atoms with van der Waals surface area (Å²) in [5, 5.41) is 3.45. The molecule has 2 heterocycles. The van der Waals surface area contributed by atoms with Gasteiger partial charge in [0.05, 0.1) is 12.1 Å². The number of rotatable bonds is 11. The van der Waals surface area contributed by atoms with E-state index in [2.05, 4.69) is 54.1 Å². The Kier molecular flexibility index (Phi) is 8.82. The van der Waals surface area contributed by atoms with Crippen molar-refractivity contribution >= 4 is 23.0 Å². The maximum absolute atomic E-state index is 12.8. The predicted octanol–water partition coefficient (Wildman–Crippen LogP) is 7.66. The first-order chi connectivity index (χ1) is 18.3. The minimum atomic E-state index is -0.545. The van der Waals surface area contributed by atoms with Crippen molar-refractivity contribution in [2.45, 2.75) is 78.9 Å². The van der Waals surface area contributed by atoms with E-state index in [0.717, 1.165) is 78.1 Å². The Balaban J connectivity index is 1.62. The molecular formula is C32H40N4O2. The van der Waals surface area contributed by atoms with Gasteiger partial charge in [0.2, 0.25) is 0 Å². The van der Waals surface area contributed by atoms with Gasteiger partial charge in [-0.25, -0.2) is 14.8 Å². The zero-order valence-electron chi connectivity index (χ0n) is 23.4. The Morgan fingerprint density at radius 2 is 1.66 bits per heavy atom. The summed E-state index contributed by atoms with van der Waals surface area (Å²) in [7, 11) is 0. The largest absolute Gasteiger partial charge is 0.456 e. The van der Waals surface area contributed by atoms with Crippen LogP contribution in [0.1, 0.15) is 82.0 Å². The van der Waals surface area contributed by atoms with E-state index in [1.54, 1.807) is 0 Å². The molecule has 6 nitrogen and oxygen atoms in total. The third-order valence-corrected chi connectivity index (χ3v) is 6.41. The van der Waals surface area contributed by atoms with Gasteiger partial charge in [0.15, 0.2) is 5.65 Å². The molecule has 0 saturated heterocycles. The Morgan fingerprint density at radius 1 is 0.921 bits per heavy atom. The normalized spacial score (nSPS) is 11.6. The van der Waals surface area contributed by atoms with Gasteiger partial charge in [0.1, 0.15) is 22.8 Å². The number of esters is 1. The number of fused-ring (bicyclic) bond motifs is 1. The summed E-state index contributed by atoms with van der Waals surface area (Å²) in [6.45, 7) is 11.7. The van der Waals surface area contributed by atoms with Gasteiger partial charge in [-0.05, 0) is 68.5 Å². The fraction of sp³-hybridized carbons (Fsp3) is 0.406. The van der Waals surface area contributed by atoms with Gasteiger partial charge < -0.3 is 14.6 Å². The quantitative estimate of drug-likeness (QED) is 0.165. The highest BCUT2D eigenvalue weighted by Crippen LogP contribution is 2.27. The minimum Gasteiger partial charge on any atom is -0.456 e. The summed E-state index contributed by atoms with van der Waals surface area (Å²) < 4.78 is 7.89. The van der Waals surface area contributed by atoms with Crippen molar-refractivity contribution in [1.29, 1.82) is 0 Å². The van der Waals surface area contributed by atoms with E-state index >= 15 is 0 Å². The third kappa shape index (κ3) is 6.80. The Bertz CT molecular complexity index is 1370. The number of carbonyl (C=O) groups is 1. The molecule has 0 aliphatic carbocycles. The molecular weight excluding hydrogens is 472 g/mol. The molecule has 0 unspecified atom stereocenters. The number of nitrogens with one attached hydrogen (secondary N) is 1. The van der Waals surface area contributed by atoms with Crippen LogP contribution in [0, 0.1) is 0 Å². The van der Waals surface area contributed by atoms with Crippen LogP contribution in [0.15, 0.2) is 60.7 Å². The van der Waals surface area contributed by atoms with E-state index in [1.807, 2.05) is 51.1 Å². The Morgan fingerprint density at radius 3 is 2.37 bits per heavy atom. The molecule has 200 valence electrons. The molecule has 4 aromatic rings. The summed E-state index contributed by atoms with van der Waals surface area (Å²) in [6.07, 6.45) is 5.39. The highest BCUT2D eigenvalue weighted by Gasteiger charge is 2.21. The summed E-state index contributed by atoms with van der Waals surface area (Å²) in [4.78, 5) is 22.7. The number of hydrogen-bond acceptors (Lipinski definition) is 5. The molecule has 1 N–H and O–H groups in total. The zero-order valence-corrected chi connectivity index (χ0v) is 23.4. The van der Waals surface area contributed by atoms with Gasteiger partial charge in [-0.15, -0.1) is 0 Å². The molecule has 0 fully saturated rings. The fourth-order valence-corrected chi connectivity index (χ4v) is 4.45. The lowest BCUT2D eigenvalue weighted by Crippen LogP contribution is -2.24. The van der Waals surface area contributed by atoms with Crippen LogP contribution in [0.2, 0.25) is 0 Å². The number of aryl methyl sites for hydroxylation is 1. The lowest BCUT2D eigenvalue weighted by Gasteiger charge is -2.20. The SMILES string of the molecule is CCCCNc1ccc2nc(CCCC)n(Cc3ccc(-c4ccccc4C(=O)OC(C)(C)C)cc3)c2n1. The molecule has 0 bridgehead atoms. The lowest BCUT2D eigenvalue weighted by molar-refractivity contribution is 0.00704. The molecule has 0 atom stereocenters. The summed E-state index contributed by atoms with van der Waals surface area (Å²) in [6, 6.07) is 20.1. The van der Waals surface area contributed by atoms with E-state index in [4.69, 9.17) is 14.7 Å². The van der Waals surface area contributed by atoms with E-state index in [9.17, 15) is 4.79 Å². The number of carbonyl (C=O) groups excluding carboxylic acids is 1. The van der Waals surface area contributed by atoms with Crippen LogP contribution >= 0.6 is 0 Å². The number of unbranched alkanes of at least 4 members (excludes halogenated alkanes) is 2. The zero-order chi connectivity index (χ0) is 27.1. The van der Waals surface area contributed by atoms with E-state index in [-0.39, 0.29) is 5.97 Å². The van der Waals surface area contributed by atoms with Crippen molar-refractivity contribution in [2.24, 2.45) is 0 Å². The van der Waals surface area contributed by atoms with Crippen LogP contribution in [0.5, 0.6) is 0 Å². The number of hydrogen-bond donors (Lipinski definition) is 1. The molecule has 2 aromatic heterocycles. The highest BCUT2D eigenvalue weighted by molar-refractivity contribution is 5.97. The predicted molar refractivity (Wildman–Crippen MR) is 156 cm³/mol. The maximum Gasteiger partial charge on any atom is 0.339 e. The molecule has 2 aromatic carbocycles. The molecule has 0 spiro atoms. The molecule has 0 amide bonds. The number of nitrogens with zero attached hydrogens (tertiary/aromatic N) is 3. The van der Waals surface area contributed by atoms with Crippen molar-refractivity contribution in [2.75, 3.05) is 11.9 Å². The monoisotopic (exact) mass is 512 g/mol. The Hall–Kier alpha value is -3.67. The van der Waals surface area contributed by atoms with Gasteiger partial charge in [-0.2, -0.15) is 0 Å². The first-order valence-corrected chi connectivity index (χ1v) is 13.8. The average molecular weight is 513 g/mol. The van der Waals surface area contributed by atoms with Gasteiger partial charge in [0, 0.05) is 13.0 Å². The second-order valence-corrected chi connectivity index (χ2v) is 10.8. The van der Waals surface area contributed by atoms with Crippen LogP contribution in [-0.4, -0.2) is 32.7 Å². The van der Waals surface area contributed by atoms with E-state index in [0.29, 0.717) is 12.1 Å². The summed E-state index contributed by atoms with van der Waals surface area (Å²) in [5.74, 6) is 1.65. The molecule has 6 heteroatoms. The molecule has 0 aliphatic heterocycles. The van der Waals surface area contributed by atoms with E-state index in [1.165, 1.54) is 0 Å². The van der Waals surface area contributed by atoms with Gasteiger partial charge in [-0.3, -0.25) is 0 Å². The van der Waals surface area contributed by atoms with Crippen molar-refractivity contribution in [3.05, 3.63) is 77.6 Å². The van der Waals surface area contributed by atoms with Crippen LogP contribution in [0.4, 0.5) is 5.82 Å². The van der Waals surface area contributed by atoms with Gasteiger partial charge in [-0.1, -0.05) is 69.2 Å². The number of benzene rings is 2. The summed E-state index contributed by atoms with van der Waals surface area (Å²) >= 11 is 0. The van der Waals surface area contributed by atoms with Gasteiger partial charge in [0.25, 0.3) is 0 Å². The first kappa shape index (κ1) is 27.4. The molecule has 4 rings (SSSR count). The lowest BCUT2D eigenvalue weighted by atomic mass is 9.98. The van der Waals surface area contributed by atoms with E-state index < -0.39 is 5.60 Å². The number of ether oxygens (including phenoxy) is 1. The minimum absolute atomic E-state index is 0.308. The van der Waals surface area contributed by atoms with Crippen molar-refractivity contribution in [3.63, 3.8) is 0 Å². The number of aromatic nitrogens is 3. The van der Waals surface area contributed by atoms with Crippen molar-refractivity contribution < 1.29 is 9.53 Å². The molecule has 0 saturated carbocycles. The van der Waals surface area contributed by atoms with Crippen molar-refractivity contribution in [3.8, 4) is 11.1 Å². The number of imidazole rings is 1. The first-order valence-electron chi connectivity index (χ1n) is 13.8. The number of anilines is 1. The van der Waals surface area contributed by atoms with Crippen LogP contribution in [0.3, 0.4) is 0 Å². The smallest absolute Gasteiger partial charge is 0.339 e. The molecule has 38 heavy (non-hydrogen) atoms. The topological polar surface area (TPSA) is 69.0 Å². The average Bonchev–Trinajstić information content (AvgIpc) is 3.23. The second-order valence-electron chi connectivity index (χ2n) is 10.8. The standard InChI is InChI=1S/C32H40N4O2/c1-6-8-14-29-34-27-19-20-28(33-21-9-7-2)35-30(27)36(29)22-23-15-17-24(18-16-23)25-12-10-11-13-26(25)31(37)38-32(3,4)5/h10-13,15-20H,6-9,14,21-22H2,1-5H3,(H,33,35). The molecule has 0 radical (unpaired) electrons. The second kappa shape index (κ2) is 12.2. The Labute approximate surface area is 226 Å². The molecule has 0 aliphatic rings. The van der Waals surface area contributed by atoms with Crippen molar-refractivity contribution in [1.82, 2.24) is 14.5 Å². The van der Waals surface area contributed by atoms with Crippen LogP contribution in [-0.2, 0) is 17.7 Å². The fourth-order valence-electron chi connectivity index (χ4n) is 4.45. The number of pyridine rings is 1. The maximum atomic E-state index is 12.8. The summed E-state index contributed by atoms with van der Waals surface area (Å²) in [5.41, 5.74) is 4.89. The van der Waals surface area contributed by atoms with Gasteiger partial charge >= 0.3 is 5.97 Å². The highest BCUT2D eigenvalue weighted by atomic mass is 16.6. The third-order valence-electron chi connectivity index (χ3n) is 6.41. The van der Waals surface area contributed by atoms with Crippen LogP contribution in [0.25, 0.3) is 22.3 Å². The van der Waals surface area contributed by atoms with Crippen LogP contribution < -0.4 is 5.32 Å².